The molecule has 0 aliphatic rings. The highest BCUT2D eigenvalue weighted by atomic mass is 16.3. The van der Waals surface area contributed by atoms with Crippen molar-refractivity contribution < 1.29 is 15.0 Å². The highest BCUT2D eigenvalue weighted by Crippen LogP contribution is 2.15. The topological polar surface area (TPSA) is 111 Å². The Labute approximate surface area is 159 Å². The molecule has 8 nitrogen and oxygen atoms in total. The molecule has 1 heterocycles. The molecular formula is C19H27N5O3. The minimum absolute atomic E-state index is 0.0344. The van der Waals surface area contributed by atoms with Crippen molar-refractivity contribution >= 4 is 17.7 Å². The molecule has 2 atom stereocenters. The van der Waals surface area contributed by atoms with Gasteiger partial charge in [-0.3, -0.25) is 4.79 Å². The van der Waals surface area contributed by atoms with E-state index in [0.717, 1.165) is 11.1 Å². The normalized spacial score (nSPS) is 12.9. The lowest BCUT2D eigenvalue weighted by molar-refractivity contribution is -0.120. The number of carbonyl (C=O) groups is 1. The number of aromatic nitrogens is 2. The summed E-state index contributed by atoms with van der Waals surface area (Å²) in [5, 5.41) is 24.6. The fourth-order valence-electron chi connectivity index (χ4n) is 2.55. The van der Waals surface area contributed by atoms with Crippen LogP contribution in [0.4, 0.5) is 11.8 Å². The Morgan fingerprint density at radius 3 is 2.70 bits per heavy atom. The van der Waals surface area contributed by atoms with E-state index in [4.69, 9.17) is 5.11 Å². The lowest BCUT2D eigenvalue weighted by Gasteiger charge is -2.22. The first kappa shape index (κ1) is 20.6. The van der Waals surface area contributed by atoms with Gasteiger partial charge in [0, 0.05) is 19.3 Å². The number of nitrogens with one attached hydrogen (secondary N) is 2. The van der Waals surface area contributed by atoms with Gasteiger partial charge in [-0.2, -0.15) is 4.98 Å². The fraction of sp³-hybridized carbons (Fsp3) is 0.421. The van der Waals surface area contributed by atoms with E-state index in [1.54, 1.807) is 24.2 Å². The molecule has 2 aromatic rings. The Kier molecular flexibility index (Phi) is 7.51. The molecule has 4 N–H and O–H groups in total. The van der Waals surface area contributed by atoms with Gasteiger partial charge in [0.1, 0.15) is 5.82 Å². The third-order valence-corrected chi connectivity index (χ3v) is 4.02. The van der Waals surface area contributed by atoms with Crippen LogP contribution in [0.2, 0.25) is 0 Å². The molecule has 0 saturated heterocycles. The van der Waals surface area contributed by atoms with E-state index < -0.39 is 6.04 Å². The molecule has 0 spiro atoms. The van der Waals surface area contributed by atoms with Crippen LogP contribution in [0.5, 0.6) is 0 Å². The molecule has 0 fully saturated rings. The predicted molar refractivity (Wildman–Crippen MR) is 105 cm³/mol. The molecule has 0 radical (unpaired) electrons. The summed E-state index contributed by atoms with van der Waals surface area (Å²) in [5.74, 6) is 0.730. The minimum atomic E-state index is -0.459. The van der Waals surface area contributed by atoms with Crippen molar-refractivity contribution in [3.05, 3.63) is 47.7 Å². The van der Waals surface area contributed by atoms with Crippen LogP contribution in [0.25, 0.3) is 0 Å². The Bertz CT molecular complexity index is 756. The Morgan fingerprint density at radius 1 is 1.26 bits per heavy atom. The molecule has 0 bridgehead atoms. The van der Waals surface area contributed by atoms with Crippen LogP contribution >= 0.6 is 0 Å². The monoisotopic (exact) mass is 373 g/mol. The van der Waals surface area contributed by atoms with Gasteiger partial charge in [0.25, 0.3) is 0 Å². The largest absolute Gasteiger partial charge is 0.394 e. The molecule has 0 saturated carbocycles. The Morgan fingerprint density at radius 2 is 2.04 bits per heavy atom. The first-order valence-corrected chi connectivity index (χ1v) is 8.81. The predicted octanol–water partition coefficient (Wildman–Crippen LogP) is 0.864. The lowest BCUT2D eigenvalue weighted by Crippen LogP contribution is -2.38. The number of hydrogen-bond donors (Lipinski definition) is 4. The van der Waals surface area contributed by atoms with Gasteiger partial charge in [-0.1, -0.05) is 29.8 Å². The summed E-state index contributed by atoms with van der Waals surface area (Å²) in [7, 11) is 1.75. The van der Waals surface area contributed by atoms with Gasteiger partial charge in [-0.25, -0.2) is 4.98 Å². The second-order valence-electron chi connectivity index (χ2n) is 6.54. The van der Waals surface area contributed by atoms with Crippen LogP contribution in [0.1, 0.15) is 24.1 Å². The van der Waals surface area contributed by atoms with Crippen molar-refractivity contribution in [3.63, 3.8) is 0 Å². The number of benzene rings is 1. The van der Waals surface area contributed by atoms with E-state index >= 15 is 0 Å². The van der Waals surface area contributed by atoms with Gasteiger partial charge in [0.2, 0.25) is 11.9 Å². The highest BCUT2D eigenvalue weighted by molar-refractivity contribution is 5.81. The van der Waals surface area contributed by atoms with E-state index in [1.807, 2.05) is 38.1 Å². The number of anilines is 2. The van der Waals surface area contributed by atoms with Gasteiger partial charge in [0.05, 0.1) is 25.8 Å². The van der Waals surface area contributed by atoms with Gasteiger partial charge in [-0.15, -0.1) is 0 Å². The van der Waals surface area contributed by atoms with Crippen molar-refractivity contribution in [3.8, 4) is 0 Å². The summed E-state index contributed by atoms with van der Waals surface area (Å²) in [6.07, 6.45) is 1.59. The zero-order valence-electron chi connectivity index (χ0n) is 15.9. The second kappa shape index (κ2) is 9.84. The van der Waals surface area contributed by atoms with Crippen molar-refractivity contribution in [1.29, 1.82) is 0 Å². The number of nitrogens with zero attached hydrogens (tertiary/aromatic N) is 3. The van der Waals surface area contributed by atoms with Crippen LogP contribution in [0.3, 0.4) is 0 Å². The van der Waals surface area contributed by atoms with Crippen LogP contribution in [0, 0.1) is 6.92 Å². The lowest BCUT2D eigenvalue weighted by atomic mass is 10.1. The maximum Gasteiger partial charge on any atom is 0.240 e. The number of amides is 1. The van der Waals surface area contributed by atoms with Gasteiger partial charge in [0.15, 0.2) is 0 Å². The zero-order valence-corrected chi connectivity index (χ0v) is 15.9. The zero-order chi connectivity index (χ0) is 19.8. The maximum absolute atomic E-state index is 12.4. The van der Waals surface area contributed by atoms with E-state index in [-0.39, 0.29) is 31.7 Å². The van der Waals surface area contributed by atoms with Crippen molar-refractivity contribution in [1.82, 2.24) is 15.3 Å². The van der Waals surface area contributed by atoms with Gasteiger partial charge in [-0.05, 0) is 25.5 Å². The number of rotatable bonds is 9. The quantitative estimate of drug-likeness (QED) is 0.516. The average Bonchev–Trinajstić information content (AvgIpc) is 2.66. The molecule has 1 amide bonds. The number of hydrogen-bond acceptors (Lipinski definition) is 7. The van der Waals surface area contributed by atoms with Crippen LogP contribution in [0.15, 0.2) is 36.5 Å². The number of carbonyl (C=O) groups excluding carboxylic acids is 1. The molecule has 1 aromatic carbocycles. The van der Waals surface area contributed by atoms with Crippen molar-refractivity contribution in [2.24, 2.45) is 0 Å². The Hall–Kier alpha value is -2.71. The highest BCUT2D eigenvalue weighted by Gasteiger charge is 2.16. The van der Waals surface area contributed by atoms with E-state index in [9.17, 15) is 9.90 Å². The molecule has 8 heteroatoms. The number of likely N-dealkylation sites (N-methyl/N-ethyl adjacent to an activating group) is 1. The molecule has 0 aliphatic heterocycles. The minimum Gasteiger partial charge on any atom is -0.394 e. The third kappa shape index (κ3) is 6.19. The molecule has 0 aliphatic carbocycles. The van der Waals surface area contributed by atoms with E-state index in [0.29, 0.717) is 11.8 Å². The summed E-state index contributed by atoms with van der Waals surface area (Å²) in [6.45, 7) is 3.64. The molecule has 1 aromatic heterocycles. The summed E-state index contributed by atoms with van der Waals surface area (Å²) >= 11 is 0. The SMILES string of the molecule is Cc1cccc([C@@H](CO)NC(=O)CN(C)c2ccnc(N[C@@H](C)CO)n2)c1. The summed E-state index contributed by atoms with van der Waals surface area (Å²) in [5.41, 5.74) is 1.93. The molecule has 2 rings (SSSR count). The molecule has 146 valence electrons. The molecule has 0 unspecified atom stereocenters. The molecular weight excluding hydrogens is 346 g/mol. The van der Waals surface area contributed by atoms with E-state index in [2.05, 4.69) is 20.6 Å². The van der Waals surface area contributed by atoms with Gasteiger partial charge < -0.3 is 25.7 Å². The summed E-state index contributed by atoms with van der Waals surface area (Å²) < 4.78 is 0. The second-order valence-corrected chi connectivity index (χ2v) is 6.54. The summed E-state index contributed by atoms with van der Waals surface area (Å²) in [4.78, 5) is 22.5. The summed E-state index contributed by atoms with van der Waals surface area (Å²) in [6, 6.07) is 8.75. The van der Waals surface area contributed by atoms with Crippen LogP contribution < -0.4 is 15.5 Å². The molecule has 27 heavy (non-hydrogen) atoms. The average molecular weight is 373 g/mol. The smallest absolute Gasteiger partial charge is 0.240 e. The van der Waals surface area contributed by atoms with Crippen molar-refractivity contribution in [2.75, 3.05) is 37.0 Å². The first-order valence-electron chi connectivity index (χ1n) is 8.81. The fourth-order valence-corrected chi connectivity index (χ4v) is 2.55. The standard InChI is InChI=1S/C19H27N5O3/c1-13-5-4-6-15(9-13)16(12-26)22-18(27)10-24(3)17-7-8-20-19(23-17)21-14(2)11-25/h4-9,14,16,25-26H,10-12H2,1-3H3,(H,22,27)(H,20,21,23)/t14-,16+/m0/s1. The first-order chi connectivity index (χ1) is 12.9. The van der Waals surface area contributed by atoms with Crippen molar-refractivity contribution in [2.45, 2.75) is 25.9 Å². The number of aliphatic hydroxyl groups is 2. The number of aryl methyl sites for hydroxylation is 1. The van der Waals surface area contributed by atoms with Crippen LogP contribution in [-0.4, -0.2) is 58.9 Å². The maximum atomic E-state index is 12.4. The third-order valence-electron chi connectivity index (χ3n) is 4.02. The number of aliphatic hydroxyl groups excluding tert-OH is 2. The Balaban J connectivity index is 1.99. The van der Waals surface area contributed by atoms with Gasteiger partial charge >= 0.3 is 0 Å². The van der Waals surface area contributed by atoms with E-state index in [1.165, 1.54) is 0 Å². The van der Waals surface area contributed by atoms with Crippen LogP contribution in [-0.2, 0) is 4.79 Å².